The first-order chi connectivity index (χ1) is 21.3. The maximum absolute atomic E-state index is 5.03. The van der Waals surface area contributed by atoms with Gasteiger partial charge >= 0.3 is 0 Å². The predicted molar refractivity (Wildman–Crippen MR) is 182 cm³/mol. The summed E-state index contributed by atoms with van der Waals surface area (Å²) in [6.07, 6.45) is 0. The van der Waals surface area contributed by atoms with Crippen molar-refractivity contribution in [3.05, 3.63) is 158 Å². The Bertz CT molecular complexity index is 2500. The van der Waals surface area contributed by atoms with E-state index in [4.69, 9.17) is 4.98 Å². The molecule has 0 saturated heterocycles. The number of para-hydroxylation sites is 2. The molecule has 1 aromatic heterocycles. The highest BCUT2D eigenvalue weighted by molar-refractivity contribution is 6.23. The molecule has 0 N–H and O–H groups in total. The second kappa shape index (κ2) is 9.40. The van der Waals surface area contributed by atoms with Gasteiger partial charge in [0.2, 0.25) is 0 Å². The van der Waals surface area contributed by atoms with Crippen molar-refractivity contribution in [2.45, 2.75) is 0 Å². The topological polar surface area (TPSA) is 17.8 Å². The van der Waals surface area contributed by atoms with Gasteiger partial charge in [-0.1, -0.05) is 121 Å². The number of imidazole rings is 1. The third-order valence-corrected chi connectivity index (χ3v) is 8.73. The molecule has 8 aromatic carbocycles. The fraction of sp³-hybridized carbons (Fsp3) is 0. The third-order valence-electron chi connectivity index (χ3n) is 8.73. The summed E-state index contributed by atoms with van der Waals surface area (Å²) in [4.78, 5) is 5.03. The molecule has 0 radical (unpaired) electrons. The van der Waals surface area contributed by atoms with Crippen LogP contribution >= 0.6 is 0 Å². The van der Waals surface area contributed by atoms with Crippen LogP contribution in [0, 0.1) is 0 Å². The van der Waals surface area contributed by atoms with Gasteiger partial charge in [0.1, 0.15) is 5.82 Å². The van der Waals surface area contributed by atoms with E-state index in [1.807, 2.05) is 6.07 Å². The van der Waals surface area contributed by atoms with Crippen molar-refractivity contribution in [2.24, 2.45) is 0 Å². The number of fused-ring (bicyclic) bond motifs is 7. The fourth-order valence-corrected chi connectivity index (χ4v) is 6.73. The molecular weight excluding hydrogens is 520 g/mol. The molecule has 0 atom stereocenters. The summed E-state index contributed by atoms with van der Waals surface area (Å²) in [6.45, 7) is 0. The summed E-state index contributed by atoms with van der Waals surface area (Å²) < 4.78 is 2.28. The number of hydrogen-bond donors (Lipinski definition) is 0. The van der Waals surface area contributed by atoms with Crippen molar-refractivity contribution in [1.82, 2.24) is 9.55 Å². The van der Waals surface area contributed by atoms with Crippen LogP contribution in [0.2, 0.25) is 0 Å². The quantitative estimate of drug-likeness (QED) is 0.202. The van der Waals surface area contributed by atoms with Gasteiger partial charge in [-0.2, -0.15) is 0 Å². The molecule has 2 nitrogen and oxygen atoms in total. The van der Waals surface area contributed by atoms with Crippen LogP contribution in [0.4, 0.5) is 0 Å². The van der Waals surface area contributed by atoms with Gasteiger partial charge in [-0.25, -0.2) is 4.98 Å². The monoisotopic (exact) mass is 546 g/mol. The Balaban J connectivity index is 1.22. The molecule has 9 rings (SSSR count). The minimum Gasteiger partial charge on any atom is -0.292 e. The molecule has 0 aliphatic carbocycles. The van der Waals surface area contributed by atoms with Gasteiger partial charge in [0.05, 0.1) is 11.0 Å². The Morgan fingerprint density at radius 1 is 0.419 bits per heavy atom. The van der Waals surface area contributed by atoms with Crippen molar-refractivity contribution in [2.75, 3.05) is 0 Å². The van der Waals surface area contributed by atoms with Crippen LogP contribution in [0.15, 0.2) is 158 Å². The zero-order chi connectivity index (χ0) is 28.3. The van der Waals surface area contributed by atoms with Crippen LogP contribution in [0.25, 0.3) is 82.3 Å². The average Bonchev–Trinajstić information content (AvgIpc) is 3.47. The summed E-state index contributed by atoms with van der Waals surface area (Å²) in [5, 5.41) is 10.2. The van der Waals surface area contributed by atoms with E-state index in [0.29, 0.717) is 0 Å². The first-order valence-electron chi connectivity index (χ1n) is 14.7. The molecule has 2 heteroatoms. The molecule has 43 heavy (non-hydrogen) atoms. The molecule has 0 bridgehead atoms. The lowest BCUT2D eigenvalue weighted by atomic mass is 9.90. The van der Waals surface area contributed by atoms with E-state index in [9.17, 15) is 0 Å². The molecule has 200 valence electrons. The Morgan fingerprint density at radius 2 is 1.09 bits per heavy atom. The van der Waals surface area contributed by atoms with Crippen LogP contribution in [0.1, 0.15) is 0 Å². The summed E-state index contributed by atoms with van der Waals surface area (Å²) in [7, 11) is 0. The van der Waals surface area contributed by atoms with Gasteiger partial charge in [0.15, 0.2) is 0 Å². The van der Waals surface area contributed by atoms with Crippen molar-refractivity contribution < 1.29 is 0 Å². The maximum atomic E-state index is 5.03. The highest BCUT2D eigenvalue weighted by Gasteiger charge is 2.15. The summed E-state index contributed by atoms with van der Waals surface area (Å²) in [5.41, 5.74) is 6.79. The van der Waals surface area contributed by atoms with Gasteiger partial charge in [-0.05, 0) is 90.6 Å². The summed E-state index contributed by atoms with van der Waals surface area (Å²) >= 11 is 0. The molecule has 9 aromatic rings. The van der Waals surface area contributed by atoms with Crippen LogP contribution in [-0.2, 0) is 0 Å². The van der Waals surface area contributed by atoms with Gasteiger partial charge in [0, 0.05) is 11.3 Å². The molecule has 0 fully saturated rings. The standard InChI is InChI=1S/C41H26N2/c1-2-11-28(12-3-1)41-42-38-16-8-9-17-39(38)43(41)33-23-22-29-24-31(20-19-30(29)25-33)37-26-32-21-18-27-10-4-5-13-34(27)40(32)36-15-7-6-14-35(36)37/h1-26H. The zero-order valence-corrected chi connectivity index (χ0v) is 23.4. The Labute approximate surface area is 249 Å². The van der Waals surface area contributed by atoms with Gasteiger partial charge in [-0.15, -0.1) is 0 Å². The molecule has 0 aliphatic rings. The highest BCUT2D eigenvalue weighted by atomic mass is 15.1. The second-order valence-electron chi connectivity index (χ2n) is 11.2. The molecule has 0 spiro atoms. The smallest absolute Gasteiger partial charge is 0.145 e. The fourth-order valence-electron chi connectivity index (χ4n) is 6.73. The minimum absolute atomic E-state index is 0.952. The number of benzene rings is 8. The lowest BCUT2D eigenvalue weighted by Gasteiger charge is -2.14. The number of nitrogens with zero attached hydrogens (tertiary/aromatic N) is 2. The van der Waals surface area contributed by atoms with E-state index in [-0.39, 0.29) is 0 Å². The molecule has 0 amide bonds. The van der Waals surface area contributed by atoms with Crippen LogP contribution in [0.3, 0.4) is 0 Å². The molecule has 0 saturated carbocycles. The predicted octanol–water partition coefficient (Wildman–Crippen LogP) is 11.0. The maximum Gasteiger partial charge on any atom is 0.145 e. The third kappa shape index (κ3) is 3.77. The lowest BCUT2D eigenvalue weighted by molar-refractivity contribution is 1.11. The van der Waals surface area contributed by atoms with E-state index >= 15 is 0 Å². The van der Waals surface area contributed by atoms with Crippen molar-refractivity contribution in [1.29, 1.82) is 0 Å². The largest absolute Gasteiger partial charge is 0.292 e. The van der Waals surface area contributed by atoms with Crippen molar-refractivity contribution >= 4 is 54.1 Å². The van der Waals surface area contributed by atoms with E-state index < -0.39 is 0 Å². The van der Waals surface area contributed by atoms with E-state index in [0.717, 1.165) is 28.1 Å². The summed E-state index contributed by atoms with van der Waals surface area (Å²) in [5.74, 6) is 0.952. The first kappa shape index (κ1) is 23.9. The van der Waals surface area contributed by atoms with Crippen molar-refractivity contribution in [3.63, 3.8) is 0 Å². The van der Waals surface area contributed by atoms with E-state index in [2.05, 4.69) is 156 Å². The first-order valence-corrected chi connectivity index (χ1v) is 14.7. The molecular formula is C41H26N2. The SMILES string of the molecule is c1ccc(-c2nc3ccccc3n2-c2ccc3cc(-c4cc5ccc6ccccc6c5c5ccccc45)ccc3c2)cc1. The zero-order valence-electron chi connectivity index (χ0n) is 23.4. The van der Waals surface area contributed by atoms with E-state index in [1.54, 1.807) is 0 Å². The average molecular weight is 547 g/mol. The second-order valence-corrected chi connectivity index (χ2v) is 11.2. The highest BCUT2D eigenvalue weighted by Crippen LogP contribution is 2.39. The van der Waals surface area contributed by atoms with Crippen LogP contribution in [0.5, 0.6) is 0 Å². The van der Waals surface area contributed by atoms with Crippen molar-refractivity contribution in [3.8, 4) is 28.2 Å². The van der Waals surface area contributed by atoms with Crippen LogP contribution < -0.4 is 0 Å². The summed E-state index contributed by atoms with van der Waals surface area (Å²) in [6, 6.07) is 56.8. The Morgan fingerprint density at radius 3 is 2.00 bits per heavy atom. The van der Waals surface area contributed by atoms with Gasteiger partial charge in [0.25, 0.3) is 0 Å². The van der Waals surface area contributed by atoms with Crippen LogP contribution in [-0.4, -0.2) is 9.55 Å². The number of rotatable bonds is 3. The molecule has 0 aliphatic heterocycles. The Hall–Kier alpha value is -5.73. The Kier molecular flexibility index (Phi) is 5.23. The number of hydrogen-bond acceptors (Lipinski definition) is 1. The number of aromatic nitrogens is 2. The van der Waals surface area contributed by atoms with Gasteiger partial charge in [-0.3, -0.25) is 4.57 Å². The minimum atomic E-state index is 0.952. The van der Waals surface area contributed by atoms with Gasteiger partial charge < -0.3 is 0 Å². The molecule has 1 heterocycles. The lowest BCUT2D eigenvalue weighted by Crippen LogP contribution is -1.97. The normalized spacial score (nSPS) is 11.7. The molecule has 0 unspecified atom stereocenters. The van der Waals surface area contributed by atoms with E-state index in [1.165, 1.54) is 54.2 Å².